The first kappa shape index (κ1) is 35.9. The van der Waals surface area contributed by atoms with Gasteiger partial charge in [-0.25, -0.2) is 4.98 Å². The van der Waals surface area contributed by atoms with E-state index in [0.717, 1.165) is 42.4 Å². The molecule has 0 bridgehead atoms. The summed E-state index contributed by atoms with van der Waals surface area (Å²) in [6, 6.07) is 3.75. The van der Waals surface area contributed by atoms with Crippen molar-refractivity contribution in [3.05, 3.63) is 41.2 Å². The van der Waals surface area contributed by atoms with Gasteiger partial charge in [-0.1, -0.05) is 45.1 Å². The predicted molar refractivity (Wildman–Crippen MR) is 181 cm³/mol. The molecule has 11 nitrogen and oxygen atoms in total. The second-order valence-electron chi connectivity index (χ2n) is 14.5. The van der Waals surface area contributed by atoms with Gasteiger partial charge in [0, 0.05) is 43.9 Å². The maximum atomic E-state index is 14.6. The Labute approximate surface area is 286 Å². The molecule has 49 heavy (non-hydrogen) atoms. The maximum absolute atomic E-state index is 14.6. The summed E-state index contributed by atoms with van der Waals surface area (Å²) in [6.07, 6.45) is 14.2. The molecular weight excluding hydrogens is 629 g/mol. The van der Waals surface area contributed by atoms with E-state index in [9.17, 15) is 18.8 Å². The molecule has 3 aromatic rings. The summed E-state index contributed by atoms with van der Waals surface area (Å²) < 4.78 is 33.1. The summed E-state index contributed by atoms with van der Waals surface area (Å²) in [6.45, 7) is 8.87. The van der Waals surface area contributed by atoms with E-state index >= 15 is 0 Å². The highest BCUT2D eigenvalue weighted by Crippen LogP contribution is 2.55. The summed E-state index contributed by atoms with van der Waals surface area (Å²) in [7, 11) is 1.43. The maximum Gasteiger partial charge on any atom is 0.312 e. The minimum atomic E-state index is -1.30. The predicted octanol–water partition coefficient (Wildman–Crippen LogP) is 6.13. The van der Waals surface area contributed by atoms with Crippen molar-refractivity contribution in [2.75, 3.05) is 19.0 Å². The van der Waals surface area contributed by atoms with Gasteiger partial charge in [0.25, 0.3) is 0 Å². The molecule has 1 atom stereocenters. The molecule has 262 valence electrons. The Morgan fingerprint density at radius 1 is 1.14 bits per heavy atom. The van der Waals surface area contributed by atoms with E-state index in [1.54, 1.807) is 10.6 Å². The third-order valence-corrected chi connectivity index (χ3v) is 10.2. The molecule has 12 heteroatoms. The Bertz CT molecular complexity index is 1780. The van der Waals surface area contributed by atoms with Gasteiger partial charge in [-0.15, -0.1) is 6.42 Å². The van der Waals surface area contributed by atoms with Gasteiger partial charge in [0.05, 0.1) is 12.7 Å². The fourth-order valence-electron chi connectivity index (χ4n) is 7.70. The van der Waals surface area contributed by atoms with Crippen LogP contribution < -0.4 is 10.1 Å². The summed E-state index contributed by atoms with van der Waals surface area (Å²) >= 11 is 0. The van der Waals surface area contributed by atoms with Crippen molar-refractivity contribution < 1.29 is 33.0 Å². The Balaban J connectivity index is 1.23. The van der Waals surface area contributed by atoms with Crippen LogP contribution in [0.4, 0.5) is 10.2 Å². The van der Waals surface area contributed by atoms with Gasteiger partial charge in [0.2, 0.25) is 5.91 Å². The number of nitrogens with zero attached hydrogens (tertiary/aromatic N) is 4. The third kappa shape index (κ3) is 7.93. The van der Waals surface area contributed by atoms with Crippen molar-refractivity contribution in [3.63, 3.8) is 0 Å². The monoisotopic (exact) mass is 675 g/mol. The zero-order valence-corrected chi connectivity index (χ0v) is 29.3. The molecule has 0 radical (unpaired) electrons. The number of carbonyl (C=O) groups is 3. The first-order valence-electron chi connectivity index (χ1n) is 16.9. The van der Waals surface area contributed by atoms with Crippen LogP contribution in [0, 0.1) is 43.6 Å². The minimum Gasteiger partial charge on any atom is -0.461 e. The van der Waals surface area contributed by atoms with Crippen LogP contribution in [0.1, 0.15) is 95.2 Å². The first-order chi connectivity index (χ1) is 23.2. The second kappa shape index (κ2) is 14.2. The van der Waals surface area contributed by atoms with Crippen molar-refractivity contribution in [2.24, 2.45) is 11.3 Å². The number of carbonyl (C=O) groups excluding carboxylic acids is 3. The Morgan fingerprint density at radius 3 is 2.51 bits per heavy atom. The summed E-state index contributed by atoms with van der Waals surface area (Å²) in [4.78, 5) is 50.2. The number of hydrogen-bond donors (Lipinski definition) is 1. The highest BCUT2D eigenvalue weighted by Gasteiger charge is 2.47. The van der Waals surface area contributed by atoms with Crippen LogP contribution in [0.15, 0.2) is 18.5 Å². The lowest BCUT2D eigenvalue weighted by molar-refractivity contribution is -0.151. The topological polar surface area (TPSA) is 135 Å². The second-order valence-corrected chi connectivity index (χ2v) is 14.5. The van der Waals surface area contributed by atoms with Crippen molar-refractivity contribution in [1.82, 2.24) is 19.5 Å². The highest BCUT2D eigenvalue weighted by atomic mass is 19.1. The smallest absolute Gasteiger partial charge is 0.312 e. The van der Waals surface area contributed by atoms with Gasteiger partial charge in [-0.05, 0) is 62.1 Å². The van der Waals surface area contributed by atoms with Crippen LogP contribution in [-0.4, -0.2) is 56.7 Å². The number of terminal acetylenes is 1. The van der Waals surface area contributed by atoms with E-state index in [1.165, 1.54) is 39.6 Å². The largest absolute Gasteiger partial charge is 0.461 e. The molecule has 2 saturated carbocycles. The SMILES string of the molecule is C#CC(CCn1cnc2c(NC(=O)C3CC4(CCCCC4)C3)nc(F)nc21)(COC(=O)CC(C)(C)c1c(C)cc(C)cc1OC(C)=O)OC. The normalized spacial score (nSPS) is 17.2. The zero-order valence-electron chi connectivity index (χ0n) is 29.3. The van der Waals surface area contributed by atoms with Gasteiger partial charge >= 0.3 is 18.0 Å². The number of benzene rings is 1. The lowest BCUT2D eigenvalue weighted by atomic mass is 9.55. The van der Waals surface area contributed by atoms with Gasteiger partial charge in [-0.3, -0.25) is 14.4 Å². The molecule has 1 aromatic carbocycles. The van der Waals surface area contributed by atoms with Crippen LogP contribution in [0.3, 0.4) is 0 Å². The molecule has 2 heterocycles. The number of aryl methyl sites for hydroxylation is 3. The molecule has 1 spiro atoms. The summed E-state index contributed by atoms with van der Waals surface area (Å²) in [5.41, 5.74) is 1.23. The van der Waals surface area contributed by atoms with Crippen molar-refractivity contribution in [2.45, 2.75) is 110 Å². The lowest BCUT2D eigenvalue weighted by Crippen LogP contribution is -2.44. The van der Waals surface area contributed by atoms with Crippen molar-refractivity contribution >= 4 is 34.8 Å². The Kier molecular flexibility index (Phi) is 10.4. The highest BCUT2D eigenvalue weighted by molar-refractivity contribution is 5.98. The fraction of sp³-hybridized carbons (Fsp3) is 0.568. The van der Waals surface area contributed by atoms with E-state index < -0.39 is 29.0 Å². The molecule has 2 aliphatic carbocycles. The quantitative estimate of drug-likeness (QED) is 0.104. The summed E-state index contributed by atoms with van der Waals surface area (Å²) in [5.74, 6) is 1.78. The molecule has 2 aromatic heterocycles. The molecule has 2 aliphatic rings. The van der Waals surface area contributed by atoms with E-state index in [2.05, 4.69) is 26.2 Å². The Hall–Kier alpha value is -4.37. The number of ether oxygens (including phenoxy) is 3. The van der Waals surface area contributed by atoms with E-state index in [4.69, 9.17) is 20.6 Å². The third-order valence-electron chi connectivity index (χ3n) is 10.2. The van der Waals surface area contributed by atoms with Crippen molar-refractivity contribution in [1.29, 1.82) is 0 Å². The number of hydrogen-bond acceptors (Lipinski definition) is 9. The van der Waals surface area contributed by atoms with E-state index in [-0.39, 0.29) is 60.2 Å². The lowest BCUT2D eigenvalue weighted by Gasteiger charge is -2.49. The molecular formula is C37H46FN5O6. The van der Waals surface area contributed by atoms with Crippen LogP contribution in [0.5, 0.6) is 5.75 Å². The van der Waals surface area contributed by atoms with Crippen LogP contribution >= 0.6 is 0 Å². The summed E-state index contributed by atoms with van der Waals surface area (Å²) in [5, 5.41) is 2.79. The number of methoxy groups -OCH3 is 1. The molecule has 1 amide bonds. The van der Waals surface area contributed by atoms with Gasteiger partial charge < -0.3 is 24.1 Å². The number of fused-ring (bicyclic) bond motifs is 1. The molecule has 5 rings (SSSR count). The van der Waals surface area contributed by atoms with Crippen LogP contribution in [-0.2, 0) is 35.8 Å². The number of amides is 1. The Morgan fingerprint density at radius 2 is 1.86 bits per heavy atom. The fourth-order valence-corrected chi connectivity index (χ4v) is 7.70. The van der Waals surface area contributed by atoms with E-state index in [1.807, 2.05) is 33.8 Å². The molecule has 0 saturated heterocycles. The number of halogens is 1. The zero-order chi connectivity index (χ0) is 35.6. The number of nitrogens with one attached hydrogen (secondary N) is 1. The molecule has 2 fully saturated rings. The van der Waals surface area contributed by atoms with E-state index in [0.29, 0.717) is 5.75 Å². The van der Waals surface area contributed by atoms with Gasteiger partial charge in [0.1, 0.15) is 12.4 Å². The average molecular weight is 676 g/mol. The number of rotatable bonds is 12. The number of imidazole rings is 1. The van der Waals surface area contributed by atoms with Gasteiger partial charge in [0.15, 0.2) is 22.6 Å². The number of anilines is 1. The number of esters is 2. The van der Waals surface area contributed by atoms with Crippen molar-refractivity contribution in [3.8, 4) is 18.1 Å². The molecule has 1 unspecified atom stereocenters. The number of aromatic nitrogens is 4. The molecule has 0 aliphatic heterocycles. The molecule has 1 N–H and O–H groups in total. The van der Waals surface area contributed by atoms with Crippen LogP contribution in [0.25, 0.3) is 11.2 Å². The average Bonchev–Trinajstić information content (AvgIpc) is 3.42. The minimum absolute atomic E-state index is 0.0196. The first-order valence-corrected chi connectivity index (χ1v) is 16.9. The van der Waals surface area contributed by atoms with Crippen LogP contribution in [0.2, 0.25) is 0 Å². The standard InChI is InChI=1S/C37H46FN5O6/c1-8-37(47-7,21-48-28(45)20-35(5,6)29-24(3)16-23(2)17-27(29)49-25(4)44)14-15-43-22-39-30-31(41-34(38)42-32(30)43)40-33(46)26-18-36(19-26)12-10-9-11-13-36/h1,16-17,22,26H,9-15,18-21H2,2-7H3,(H,40,41,42,46). The van der Waals surface area contributed by atoms with Gasteiger partial charge in [-0.2, -0.15) is 14.4 Å².